The van der Waals surface area contributed by atoms with Gasteiger partial charge in [0.15, 0.2) is 0 Å². The van der Waals surface area contributed by atoms with Crippen molar-refractivity contribution in [2.75, 3.05) is 20.7 Å². The molecule has 0 unspecified atom stereocenters. The van der Waals surface area contributed by atoms with E-state index in [-0.39, 0.29) is 0 Å². The van der Waals surface area contributed by atoms with Crippen molar-refractivity contribution in [3.63, 3.8) is 0 Å². The fourth-order valence-electron chi connectivity index (χ4n) is 1.86. The second-order valence-corrected chi connectivity index (χ2v) is 4.44. The zero-order valence-corrected chi connectivity index (χ0v) is 11.4. The molecule has 0 aliphatic rings. The van der Waals surface area contributed by atoms with E-state index in [9.17, 15) is 0 Å². The zero-order chi connectivity index (χ0) is 13.5. The largest absolute Gasteiger partial charge is 0.467 e. The van der Waals surface area contributed by atoms with Gasteiger partial charge < -0.3 is 9.64 Å². The maximum absolute atomic E-state index is 4.93. The van der Waals surface area contributed by atoms with Crippen LogP contribution in [0, 0.1) is 0 Å². The number of methoxy groups -OCH3 is 1. The zero-order valence-electron chi connectivity index (χ0n) is 11.4. The first-order valence-corrected chi connectivity index (χ1v) is 6.29. The van der Waals surface area contributed by atoms with Crippen LogP contribution in [0.4, 0.5) is 0 Å². The van der Waals surface area contributed by atoms with Crippen LogP contribution in [-0.2, 0) is 13.1 Å². The Bertz CT molecular complexity index is 468. The van der Waals surface area contributed by atoms with Gasteiger partial charge in [-0.2, -0.15) is 5.10 Å². The molecule has 2 aromatic rings. The molecule has 6 heteroatoms. The summed E-state index contributed by atoms with van der Waals surface area (Å²) in [4.78, 5) is 10.4. The van der Waals surface area contributed by atoms with E-state index in [1.165, 1.54) is 0 Å². The van der Waals surface area contributed by atoms with Gasteiger partial charge in [0, 0.05) is 43.4 Å². The third-order valence-corrected chi connectivity index (χ3v) is 2.80. The van der Waals surface area contributed by atoms with Crippen LogP contribution in [0.2, 0.25) is 0 Å². The van der Waals surface area contributed by atoms with Crippen molar-refractivity contribution >= 4 is 0 Å². The Labute approximate surface area is 113 Å². The van der Waals surface area contributed by atoms with Crippen molar-refractivity contribution in [3.05, 3.63) is 36.4 Å². The Kier molecular flexibility index (Phi) is 4.85. The topological polar surface area (TPSA) is 56.1 Å². The Balaban J connectivity index is 1.72. The normalized spacial score (nSPS) is 10.9. The lowest BCUT2D eigenvalue weighted by molar-refractivity contribution is 0.309. The monoisotopic (exact) mass is 261 g/mol. The highest BCUT2D eigenvalue weighted by Crippen LogP contribution is 2.05. The van der Waals surface area contributed by atoms with Crippen LogP contribution in [0.25, 0.3) is 0 Å². The van der Waals surface area contributed by atoms with Crippen LogP contribution < -0.4 is 4.74 Å². The van der Waals surface area contributed by atoms with Gasteiger partial charge in [0.05, 0.1) is 7.11 Å². The minimum atomic E-state index is 0.407. The Morgan fingerprint density at radius 1 is 1.32 bits per heavy atom. The quantitative estimate of drug-likeness (QED) is 0.749. The molecule has 0 bridgehead atoms. The molecule has 2 aromatic heterocycles. The molecular formula is C13H19N5O. The van der Waals surface area contributed by atoms with E-state index in [4.69, 9.17) is 4.74 Å². The number of nitrogens with zero attached hydrogens (tertiary/aromatic N) is 5. The summed E-state index contributed by atoms with van der Waals surface area (Å²) in [7, 11) is 3.66. The fraction of sp³-hybridized carbons (Fsp3) is 0.462. The van der Waals surface area contributed by atoms with Crippen molar-refractivity contribution in [3.8, 4) is 6.01 Å². The third kappa shape index (κ3) is 4.33. The van der Waals surface area contributed by atoms with Crippen LogP contribution in [0.5, 0.6) is 6.01 Å². The predicted molar refractivity (Wildman–Crippen MR) is 71.8 cm³/mol. The van der Waals surface area contributed by atoms with Crippen LogP contribution in [0.1, 0.15) is 12.0 Å². The van der Waals surface area contributed by atoms with E-state index in [0.29, 0.717) is 6.01 Å². The lowest BCUT2D eigenvalue weighted by Gasteiger charge is -2.16. The molecule has 0 fully saturated rings. The van der Waals surface area contributed by atoms with Gasteiger partial charge in [0.1, 0.15) is 0 Å². The molecule has 0 aliphatic heterocycles. The average Bonchev–Trinajstić information content (AvgIpc) is 2.93. The van der Waals surface area contributed by atoms with Gasteiger partial charge in [-0.3, -0.25) is 4.68 Å². The first-order valence-electron chi connectivity index (χ1n) is 6.29. The average molecular weight is 261 g/mol. The summed E-state index contributed by atoms with van der Waals surface area (Å²) in [5, 5.41) is 4.18. The molecular weight excluding hydrogens is 242 g/mol. The molecule has 0 aliphatic carbocycles. The number of ether oxygens (including phenoxy) is 1. The Morgan fingerprint density at radius 2 is 2.11 bits per heavy atom. The third-order valence-electron chi connectivity index (χ3n) is 2.80. The van der Waals surface area contributed by atoms with Gasteiger partial charge in [0.2, 0.25) is 0 Å². The molecule has 102 valence electrons. The first kappa shape index (κ1) is 13.5. The molecule has 0 atom stereocenters. The summed E-state index contributed by atoms with van der Waals surface area (Å²) < 4.78 is 6.88. The molecule has 0 N–H and O–H groups in total. The highest BCUT2D eigenvalue weighted by atomic mass is 16.5. The van der Waals surface area contributed by atoms with Gasteiger partial charge in [-0.1, -0.05) is 0 Å². The van der Waals surface area contributed by atoms with E-state index in [0.717, 1.165) is 31.6 Å². The lowest BCUT2D eigenvalue weighted by atomic mass is 10.3. The van der Waals surface area contributed by atoms with Crippen LogP contribution in [0.3, 0.4) is 0 Å². The standard InChI is InChI=1S/C13H19N5O/c1-17(6-4-8-18-7-3-5-16-18)11-12-9-14-13(19-2)15-10-12/h3,5,7,9-10H,4,6,8,11H2,1-2H3. The van der Waals surface area contributed by atoms with Crippen LogP contribution in [0.15, 0.2) is 30.9 Å². The Morgan fingerprint density at radius 3 is 2.74 bits per heavy atom. The molecule has 2 heterocycles. The van der Waals surface area contributed by atoms with Crippen molar-refractivity contribution < 1.29 is 4.74 Å². The lowest BCUT2D eigenvalue weighted by Crippen LogP contribution is -2.20. The van der Waals surface area contributed by atoms with Crippen molar-refractivity contribution in [2.45, 2.75) is 19.5 Å². The number of hydrogen-bond acceptors (Lipinski definition) is 5. The van der Waals surface area contributed by atoms with Gasteiger partial charge in [0.25, 0.3) is 0 Å². The number of rotatable bonds is 7. The van der Waals surface area contributed by atoms with E-state index in [1.54, 1.807) is 25.7 Å². The molecule has 0 saturated heterocycles. The highest BCUT2D eigenvalue weighted by Gasteiger charge is 2.02. The summed E-state index contributed by atoms with van der Waals surface area (Å²) >= 11 is 0. The second-order valence-electron chi connectivity index (χ2n) is 4.44. The van der Waals surface area contributed by atoms with E-state index >= 15 is 0 Å². The predicted octanol–water partition coefficient (Wildman–Crippen LogP) is 1.20. The maximum Gasteiger partial charge on any atom is 0.316 e. The molecule has 0 radical (unpaired) electrons. The first-order chi connectivity index (χ1) is 9.28. The van der Waals surface area contributed by atoms with Gasteiger partial charge >= 0.3 is 6.01 Å². The molecule has 0 amide bonds. The van der Waals surface area contributed by atoms with E-state index in [2.05, 4.69) is 27.0 Å². The molecule has 0 spiro atoms. The molecule has 19 heavy (non-hydrogen) atoms. The van der Waals surface area contributed by atoms with Crippen LogP contribution in [-0.4, -0.2) is 45.4 Å². The van der Waals surface area contributed by atoms with E-state index in [1.807, 2.05) is 16.9 Å². The van der Waals surface area contributed by atoms with Crippen LogP contribution >= 0.6 is 0 Å². The Hall–Kier alpha value is -1.95. The van der Waals surface area contributed by atoms with Crippen molar-refractivity contribution in [1.82, 2.24) is 24.6 Å². The smallest absolute Gasteiger partial charge is 0.316 e. The summed E-state index contributed by atoms with van der Waals surface area (Å²) in [5.74, 6) is 0. The molecule has 0 aromatic carbocycles. The van der Waals surface area contributed by atoms with Gasteiger partial charge in [-0.05, 0) is 26.1 Å². The summed E-state index contributed by atoms with van der Waals surface area (Å²) in [5.41, 5.74) is 1.09. The molecule has 0 saturated carbocycles. The van der Waals surface area contributed by atoms with Crippen molar-refractivity contribution in [2.24, 2.45) is 0 Å². The van der Waals surface area contributed by atoms with Gasteiger partial charge in [-0.25, -0.2) is 9.97 Å². The highest BCUT2D eigenvalue weighted by molar-refractivity contribution is 5.07. The fourth-order valence-corrected chi connectivity index (χ4v) is 1.86. The molecule has 2 rings (SSSR count). The van der Waals surface area contributed by atoms with Gasteiger partial charge in [-0.15, -0.1) is 0 Å². The summed E-state index contributed by atoms with van der Waals surface area (Å²) in [6.45, 7) is 2.78. The van der Waals surface area contributed by atoms with Crippen molar-refractivity contribution in [1.29, 1.82) is 0 Å². The SMILES string of the molecule is COc1ncc(CN(C)CCCn2cccn2)cn1. The maximum atomic E-state index is 4.93. The second kappa shape index (κ2) is 6.84. The number of hydrogen-bond donors (Lipinski definition) is 0. The minimum absolute atomic E-state index is 0.407. The summed E-state index contributed by atoms with van der Waals surface area (Å²) in [6, 6.07) is 2.35. The van der Waals surface area contributed by atoms with E-state index < -0.39 is 0 Å². The number of aromatic nitrogens is 4. The minimum Gasteiger partial charge on any atom is -0.467 e. The molecule has 6 nitrogen and oxygen atoms in total. The number of aryl methyl sites for hydroxylation is 1. The summed E-state index contributed by atoms with van der Waals surface area (Å²) in [6.07, 6.45) is 8.45.